The van der Waals surface area contributed by atoms with Crippen LogP contribution < -0.4 is 5.32 Å². The van der Waals surface area contributed by atoms with E-state index >= 15 is 0 Å². The van der Waals surface area contributed by atoms with Crippen molar-refractivity contribution < 1.29 is 18.0 Å². The lowest BCUT2D eigenvalue weighted by atomic mass is 9.95. The van der Waals surface area contributed by atoms with Crippen LogP contribution in [-0.4, -0.2) is 54.5 Å². The predicted octanol–water partition coefficient (Wildman–Crippen LogP) is 0.601. The van der Waals surface area contributed by atoms with Crippen LogP contribution in [0.1, 0.15) is 51.4 Å². The molecule has 1 saturated heterocycles. The first kappa shape index (κ1) is 16.4. The maximum absolute atomic E-state index is 12.4. The first-order valence-electron chi connectivity index (χ1n) is 8.35. The van der Waals surface area contributed by atoms with Gasteiger partial charge in [0, 0.05) is 18.9 Å². The molecule has 1 N–H and O–H groups in total. The highest BCUT2D eigenvalue weighted by atomic mass is 32.2. The molecule has 0 aromatic carbocycles. The zero-order valence-electron chi connectivity index (χ0n) is 13.2. The number of hydrazone groups is 1. The molecule has 128 valence electrons. The summed E-state index contributed by atoms with van der Waals surface area (Å²) in [5, 5.41) is 8.44. The van der Waals surface area contributed by atoms with E-state index in [1.54, 1.807) is 0 Å². The van der Waals surface area contributed by atoms with Crippen LogP contribution in [0.4, 0.5) is 0 Å². The SMILES string of the molecule is O=C(NC1CCCCC1)C1=NN([C@H]2CCS(=O)(=O)C2)C(=O)CC1. The van der Waals surface area contributed by atoms with E-state index in [4.69, 9.17) is 0 Å². The van der Waals surface area contributed by atoms with Crippen molar-refractivity contribution in [1.82, 2.24) is 10.3 Å². The summed E-state index contributed by atoms with van der Waals surface area (Å²) in [5.74, 6) is -0.378. The second-order valence-corrected chi connectivity index (χ2v) is 8.88. The van der Waals surface area contributed by atoms with Gasteiger partial charge in [0.1, 0.15) is 5.71 Å². The van der Waals surface area contributed by atoms with Gasteiger partial charge in [-0.2, -0.15) is 5.10 Å². The minimum absolute atomic E-state index is 0.0558. The fourth-order valence-electron chi connectivity index (χ4n) is 3.50. The van der Waals surface area contributed by atoms with Gasteiger partial charge in [0.2, 0.25) is 5.91 Å². The van der Waals surface area contributed by atoms with E-state index < -0.39 is 15.9 Å². The molecule has 1 atom stereocenters. The van der Waals surface area contributed by atoms with Crippen LogP contribution in [0, 0.1) is 0 Å². The summed E-state index contributed by atoms with van der Waals surface area (Å²) in [5.41, 5.74) is 0.347. The molecule has 3 aliphatic rings. The maximum atomic E-state index is 12.4. The standard InChI is InChI=1S/C15H23N3O4S/c19-14-7-6-13(15(20)16-11-4-2-1-3-5-11)17-18(14)12-8-9-23(21,22)10-12/h11-12H,1-10H2,(H,16,20)/t12-/m0/s1. The number of amides is 2. The van der Waals surface area contributed by atoms with Gasteiger partial charge in [-0.25, -0.2) is 13.4 Å². The third-order valence-electron chi connectivity index (χ3n) is 4.82. The number of carbonyl (C=O) groups is 2. The van der Waals surface area contributed by atoms with E-state index in [1.165, 1.54) is 11.4 Å². The van der Waals surface area contributed by atoms with Crippen LogP contribution in [0.5, 0.6) is 0 Å². The zero-order chi connectivity index (χ0) is 16.4. The lowest BCUT2D eigenvalue weighted by molar-refractivity contribution is -0.133. The van der Waals surface area contributed by atoms with Crippen molar-refractivity contribution in [2.75, 3.05) is 11.5 Å². The quantitative estimate of drug-likeness (QED) is 0.813. The third-order valence-corrected chi connectivity index (χ3v) is 6.57. The molecular formula is C15H23N3O4S. The second kappa shape index (κ2) is 6.59. The van der Waals surface area contributed by atoms with Gasteiger partial charge in [-0.15, -0.1) is 0 Å². The summed E-state index contributed by atoms with van der Waals surface area (Å²) in [6, 6.07) is -0.234. The Morgan fingerprint density at radius 2 is 1.87 bits per heavy atom. The van der Waals surface area contributed by atoms with Gasteiger partial charge in [-0.1, -0.05) is 19.3 Å². The number of hydrogen-bond acceptors (Lipinski definition) is 5. The Kier molecular flexibility index (Phi) is 4.70. The third kappa shape index (κ3) is 3.91. The fraction of sp³-hybridized carbons (Fsp3) is 0.800. The Labute approximate surface area is 136 Å². The molecule has 2 aliphatic heterocycles. The molecule has 0 unspecified atom stereocenters. The average Bonchev–Trinajstić information content (AvgIpc) is 2.88. The Hall–Kier alpha value is -1.44. The summed E-state index contributed by atoms with van der Waals surface area (Å²) < 4.78 is 23.2. The molecule has 0 aromatic rings. The molecule has 23 heavy (non-hydrogen) atoms. The summed E-state index contributed by atoms with van der Waals surface area (Å²) in [6.07, 6.45) is 6.39. The summed E-state index contributed by atoms with van der Waals surface area (Å²) in [4.78, 5) is 24.4. The van der Waals surface area contributed by atoms with Gasteiger partial charge in [-0.05, 0) is 19.3 Å². The van der Waals surface area contributed by atoms with E-state index in [2.05, 4.69) is 10.4 Å². The monoisotopic (exact) mass is 341 g/mol. The van der Waals surface area contributed by atoms with Crippen LogP contribution in [0.15, 0.2) is 5.10 Å². The minimum atomic E-state index is -3.09. The number of hydrogen-bond donors (Lipinski definition) is 1. The molecular weight excluding hydrogens is 318 g/mol. The smallest absolute Gasteiger partial charge is 0.267 e. The molecule has 0 radical (unpaired) electrons. The van der Waals surface area contributed by atoms with E-state index in [-0.39, 0.29) is 35.8 Å². The van der Waals surface area contributed by atoms with Crippen molar-refractivity contribution in [3.8, 4) is 0 Å². The number of nitrogens with one attached hydrogen (secondary N) is 1. The molecule has 0 spiro atoms. The molecule has 3 rings (SSSR count). The highest BCUT2D eigenvalue weighted by molar-refractivity contribution is 7.91. The highest BCUT2D eigenvalue weighted by Crippen LogP contribution is 2.22. The molecule has 2 heterocycles. The molecule has 0 bridgehead atoms. The van der Waals surface area contributed by atoms with Crippen LogP contribution in [0.25, 0.3) is 0 Å². The van der Waals surface area contributed by atoms with Gasteiger partial charge in [0.25, 0.3) is 5.91 Å². The summed E-state index contributed by atoms with van der Waals surface area (Å²) in [7, 11) is -3.09. The molecule has 1 aliphatic carbocycles. The normalized spacial score (nSPS) is 28.5. The molecule has 7 nitrogen and oxygen atoms in total. The molecule has 1 saturated carbocycles. The first-order valence-corrected chi connectivity index (χ1v) is 10.2. The van der Waals surface area contributed by atoms with E-state index in [0.717, 1.165) is 25.7 Å². The van der Waals surface area contributed by atoms with Crippen molar-refractivity contribution in [3.05, 3.63) is 0 Å². The van der Waals surface area contributed by atoms with Gasteiger partial charge >= 0.3 is 0 Å². The van der Waals surface area contributed by atoms with Crippen molar-refractivity contribution in [2.45, 2.75) is 63.5 Å². The minimum Gasteiger partial charge on any atom is -0.348 e. The van der Waals surface area contributed by atoms with E-state index in [9.17, 15) is 18.0 Å². The van der Waals surface area contributed by atoms with Crippen molar-refractivity contribution in [1.29, 1.82) is 0 Å². The van der Waals surface area contributed by atoms with Crippen molar-refractivity contribution in [2.24, 2.45) is 5.10 Å². The fourth-order valence-corrected chi connectivity index (χ4v) is 5.20. The zero-order valence-corrected chi connectivity index (χ0v) is 14.0. The van der Waals surface area contributed by atoms with E-state index in [1.807, 2.05) is 0 Å². The molecule has 8 heteroatoms. The molecule has 0 aromatic heterocycles. The number of carbonyl (C=O) groups excluding carboxylic acids is 2. The van der Waals surface area contributed by atoms with Gasteiger partial charge < -0.3 is 5.32 Å². The Bertz CT molecular complexity index is 623. The first-order chi connectivity index (χ1) is 10.9. The van der Waals surface area contributed by atoms with Crippen molar-refractivity contribution >= 4 is 27.4 Å². The lowest BCUT2D eigenvalue weighted by Crippen LogP contribution is -2.46. The Morgan fingerprint density at radius 3 is 2.52 bits per heavy atom. The van der Waals surface area contributed by atoms with Crippen LogP contribution in [0.3, 0.4) is 0 Å². The second-order valence-electron chi connectivity index (χ2n) is 6.65. The Morgan fingerprint density at radius 1 is 1.13 bits per heavy atom. The van der Waals surface area contributed by atoms with Crippen LogP contribution in [-0.2, 0) is 19.4 Å². The average molecular weight is 341 g/mol. The predicted molar refractivity (Wildman–Crippen MR) is 85.6 cm³/mol. The van der Waals surface area contributed by atoms with Crippen LogP contribution in [0.2, 0.25) is 0 Å². The topological polar surface area (TPSA) is 95.9 Å². The Balaban J connectivity index is 1.68. The largest absolute Gasteiger partial charge is 0.348 e. The summed E-state index contributed by atoms with van der Waals surface area (Å²) in [6.45, 7) is 0. The van der Waals surface area contributed by atoms with Crippen molar-refractivity contribution in [3.63, 3.8) is 0 Å². The highest BCUT2D eigenvalue weighted by Gasteiger charge is 2.37. The maximum Gasteiger partial charge on any atom is 0.267 e. The number of nitrogens with zero attached hydrogens (tertiary/aromatic N) is 2. The molecule has 2 amide bonds. The summed E-state index contributed by atoms with van der Waals surface area (Å²) >= 11 is 0. The number of rotatable bonds is 3. The van der Waals surface area contributed by atoms with Gasteiger partial charge in [0.05, 0.1) is 17.5 Å². The van der Waals surface area contributed by atoms with Gasteiger partial charge in [0.15, 0.2) is 9.84 Å². The van der Waals surface area contributed by atoms with Gasteiger partial charge in [-0.3, -0.25) is 9.59 Å². The lowest BCUT2D eigenvalue weighted by Gasteiger charge is -2.28. The van der Waals surface area contributed by atoms with E-state index in [0.29, 0.717) is 18.6 Å². The molecule has 2 fully saturated rings. The number of sulfone groups is 1. The van der Waals surface area contributed by atoms with Crippen LogP contribution >= 0.6 is 0 Å².